The van der Waals surface area contributed by atoms with Crippen LogP contribution in [0.15, 0.2) is 0 Å². The highest BCUT2D eigenvalue weighted by atomic mass is 32.2. The lowest BCUT2D eigenvalue weighted by molar-refractivity contribution is -0.132. The molecule has 1 saturated heterocycles. The van der Waals surface area contributed by atoms with Crippen molar-refractivity contribution in [1.29, 1.82) is 0 Å². The van der Waals surface area contributed by atoms with E-state index < -0.39 is 6.10 Å². The predicted octanol–water partition coefficient (Wildman–Crippen LogP) is 2.67. The van der Waals surface area contributed by atoms with Crippen LogP contribution in [0.1, 0.15) is 41.0 Å². The van der Waals surface area contributed by atoms with E-state index in [2.05, 4.69) is 20.8 Å². The highest BCUT2D eigenvalue weighted by molar-refractivity contribution is 8.23. The van der Waals surface area contributed by atoms with Crippen LogP contribution in [-0.4, -0.2) is 38.1 Å². The molecule has 2 atom stereocenters. The number of aliphatic hydroxyl groups excluding tert-OH is 1. The van der Waals surface area contributed by atoms with Gasteiger partial charge in [0.25, 0.3) is 0 Å². The van der Waals surface area contributed by atoms with Crippen molar-refractivity contribution >= 4 is 34.2 Å². The van der Waals surface area contributed by atoms with Crippen LogP contribution in [0.3, 0.4) is 0 Å². The second-order valence-corrected chi connectivity index (χ2v) is 7.89. The number of nitrogens with zero attached hydrogens (tertiary/aromatic N) is 1. The lowest BCUT2D eigenvalue weighted by Gasteiger charge is -2.34. The largest absolute Gasteiger partial charge is 0.392 e. The van der Waals surface area contributed by atoms with Crippen molar-refractivity contribution < 1.29 is 9.90 Å². The third-order valence-corrected chi connectivity index (χ3v) is 4.77. The first kappa shape index (κ1) is 15.9. The van der Waals surface area contributed by atoms with Gasteiger partial charge in [-0.3, -0.25) is 9.69 Å². The fraction of sp³-hybridized carbons (Fsp3) is 0.846. The van der Waals surface area contributed by atoms with Crippen molar-refractivity contribution in [2.75, 3.05) is 5.75 Å². The lowest BCUT2D eigenvalue weighted by Crippen LogP contribution is -2.46. The van der Waals surface area contributed by atoms with Crippen LogP contribution in [0.4, 0.5) is 0 Å². The highest BCUT2D eigenvalue weighted by Crippen LogP contribution is 2.36. The van der Waals surface area contributed by atoms with E-state index >= 15 is 0 Å². The van der Waals surface area contributed by atoms with Crippen LogP contribution in [0, 0.1) is 11.3 Å². The Morgan fingerprint density at radius 3 is 2.56 bits per heavy atom. The van der Waals surface area contributed by atoms with E-state index in [9.17, 15) is 9.90 Å². The quantitative estimate of drug-likeness (QED) is 0.811. The van der Waals surface area contributed by atoms with Crippen LogP contribution < -0.4 is 0 Å². The van der Waals surface area contributed by atoms with E-state index in [0.29, 0.717) is 4.32 Å². The molecule has 1 amide bonds. The third kappa shape index (κ3) is 3.68. The average Bonchev–Trinajstić information content (AvgIpc) is 2.59. The van der Waals surface area contributed by atoms with E-state index in [1.165, 1.54) is 0 Å². The second-order valence-electron chi connectivity index (χ2n) is 6.24. The number of rotatable bonds is 3. The van der Waals surface area contributed by atoms with Gasteiger partial charge in [-0.1, -0.05) is 58.6 Å². The molecule has 0 saturated carbocycles. The molecule has 0 aromatic rings. The molecule has 0 aromatic heterocycles. The van der Waals surface area contributed by atoms with Crippen LogP contribution in [-0.2, 0) is 4.79 Å². The molecule has 1 aliphatic heterocycles. The molecule has 1 rings (SSSR count). The summed E-state index contributed by atoms with van der Waals surface area (Å²) in [4.78, 5) is 14.0. The van der Waals surface area contributed by atoms with Gasteiger partial charge in [-0.25, -0.2) is 0 Å². The Labute approximate surface area is 119 Å². The Bertz CT molecular complexity index is 336. The van der Waals surface area contributed by atoms with Gasteiger partial charge in [0.2, 0.25) is 5.91 Å². The summed E-state index contributed by atoms with van der Waals surface area (Å²) in [6.45, 7) is 10.2. The van der Waals surface area contributed by atoms with Crippen LogP contribution in [0.25, 0.3) is 0 Å². The first-order valence-electron chi connectivity index (χ1n) is 6.31. The van der Waals surface area contributed by atoms with Crippen molar-refractivity contribution in [2.45, 2.75) is 53.2 Å². The summed E-state index contributed by atoms with van der Waals surface area (Å²) in [7, 11) is 0. The number of aliphatic hydroxyl groups is 1. The minimum atomic E-state index is -0.591. The molecule has 0 spiro atoms. The van der Waals surface area contributed by atoms with E-state index in [1.54, 1.807) is 16.7 Å². The van der Waals surface area contributed by atoms with Crippen molar-refractivity contribution in [3.05, 3.63) is 0 Å². The van der Waals surface area contributed by atoms with Gasteiger partial charge in [-0.15, -0.1) is 0 Å². The average molecular weight is 289 g/mol. The van der Waals surface area contributed by atoms with E-state index in [0.717, 1.165) is 5.75 Å². The van der Waals surface area contributed by atoms with Gasteiger partial charge in [0.1, 0.15) is 4.32 Å². The molecule has 18 heavy (non-hydrogen) atoms. The standard InChI is InChI=1S/C13H23NO2S2/c1-8(2)9(15)6-11(16)14-10(13(3,4)5)7-18-12(14)17/h8-10,15H,6-7H2,1-5H3/t9-,10+/m0/s1. The van der Waals surface area contributed by atoms with Gasteiger partial charge in [0.05, 0.1) is 18.6 Å². The molecule has 1 heterocycles. The number of carbonyl (C=O) groups is 1. The maximum Gasteiger partial charge on any atom is 0.230 e. The lowest BCUT2D eigenvalue weighted by atomic mass is 9.86. The van der Waals surface area contributed by atoms with Crippen LogP contribution in [0.2, 0.25) is 0 Å². The summed E-state index contributed by atoms with van der Waals surface area (Å²) in [6.07, 6.45) is -0.434. The Morgan fingerprint density at radius 1 is 1.56 bits per heavy atom. The normalized spacial score (nSPS) is 22.7. The zero-order valence-electron chi connectivity index (χ0n) is 11.8. The van der Waals surface area contributed by atoms with Crippen molar-refractivity contribution in [3.63, 3.8) is 0 Å². The Balaban J connectivity index is 2.79. The first-order valence-corrected chi connectivity index (χ1v) is 7.71. The summed E-state index contributed by atoms with van der Waals surface area (Å²) >= 11 is 6.83. The molecular formula is C13H23NO2S2. The van der Waals surface area contributed by atoms with Crippen molar-refractivity contribution in [2.24, 2.45) is 11.3 Å². The maximum absolute atomic E-state index is 12.3. The van der Waals surface area contributed by atoms with Gasteiger partial charge < -0.3 is 5.11 Å². The SMILES string of the molecule is CC(C)[C@@H](O)CC(=O)N1C(=S)SC[C@@H]1C(C)(C)C. The Morgan fingerprint density at radius 2 is 2.11 bits per heavy atom. The molecule has 3 nitrogen and oxygen atoms in total. The molecule has 1 fully saturated rings. The zero-order valence-corrected chi connectivity index (χ0v) is 13.4. The first-order chi connectivity index (χ1) is 8.14. The van der Waals surface area contributed by atoms with Gasteiger partial charge in [0, 0.05) is 5.75 Å². The number of carbonyl (C=O) groups excluding carboxylic acids is 1. The molecule has 104 valence electrons. The summed E-state index contributed by atoms with van der Waals surface area (Å²) in [5, 5.41) is 9.83. The summed E-state index contributed by atoms with van der Waals surface area (Å²) in [5.74, 6) is 0.892. The van der Waals surface area contributed by atoms with E-state index in [1.807, 2.05) is 13.8 Å². The molecule has 0 aliphatic carbocycles. The topological polar surface area (TPSA) is 40.5 Å². The second kappa shape index (κ2) is 5.88. The fourth-order valence-electron chi connectivity index (χ4n) is 1.85. The van der Waals surface area contributed by atoms with Gasteiger partial charge in [0.15, 0.2) is 0 Å². The molecule has 0 radical (unpaired) electrons. The van der Waals surface area contributed by atoms with Crippen molar-refractivity contribution in [1.82, 2.24) is 4.90 Å². The molecule has 5 heteroatoms. The highest BCUT2D eigenvalue weighted by Gasteiger charge is 2.41. The summed E-state index contributed by atoms with van der Waals surface area (Å²) < 4.78 is 0.649. The van der Waals surface area contributed by atoms with Gasteiger partial charge >= 0.3 is 0 Å². The summed E-state index contributed by atoms with van der Waals surface area (Å²) in [6, 6.07) is 0.127. The Kier molecular flexibility index (Phi) is 5.21. The predicted molar refractivity (Wildman–Crippen MR) is 80.6 cm³/mol. The minimum Gasteiger partial charge on any atom is -0.392 e. The third-order valence-electron chi connectivity index (χ3n) is 3.29. The number of thioether (sulfide) groups is 1. The van der Waals surface area contributed by atoms with E-state index in [4.69, 9.17) is 12.2 Å². The molecule has 0 unspecified atom stereocenters. The number of thiocarbonyl (C=S) groups is 1. The maximum atomic E-state index is 12.3. The molecule has 0 bridgehead atoms. The molecule has 1 aliphatic rings. The number of hydrogen-bond donors (Lipinski definition) is 1. The monoisotopic (exact) mass is 289 g/mol. The minimum absolute atomic E-state index is 0.00596. The molecule has 0 aromatic carbocycles. The van der Waals surface area contributed by atoms with Gasteiger partial charge in [-0.2, -0.15) is 0 Å². The van der Waals surface area contributed by atoms with Crippen molar-refractivity contribution in [3.8, 4) is 0 Å². The molecule has 1 N–H and O–H groups in total. The van der Waals surface area contributed by atoms with Crippen LogP contribution in [0.5, 0.6) is 0 Å². The summed E-state index contributed by atoms with van der Waals surface area (Å²) in [5.41, 5.74) is 0.00596. The van der Waals surface area contributed by atoms with Crippen LogP contribution >= 0.6 is 24.0 Å². The molecular weight excluding hydrogens is 266 g/mol. The Hall–Kier alpha value is -0.130. The number of hydrogen-bond acceptors (Lipinski definition) is 4. The van der Waals surface area contributed by atoms with E-state index in [-0.39, 0.29) is 29.7 Å². The smallest absolute Gasteiger partial charge is 0.230 e. The number of amides is 1. The fourth-order valence-corrected chi connectivity index (χ4v) is 3.60. The zero-order chi connectivity index (χ0) is 14.1. The van der Waals surface area contributed by atoms with Gasteiger partial charge in [-0.05, 0) is 11.3 Å².